The molecule has 0 radical (unpaired) electrons. The van der Waals surface area contributed by atoms with Gasteiger partial charge in [-0.3, -0.25) is 24.1 Å². The number of rotatable bonds is 14. The fourth-order valence-corrected chi connectivity index (χ4v) is 4.33. The maximum atomic E-state index is 13.2. The summed E-state index contributed by atoms with van der Waals surface area (Å²) >= 11 is 1.31. The summed E-state index contributed by atoms with van der Waals surface area (Å²) < 4.78 is 0. The number of carboxylic acid groups (broad SMARTS) is 1. The van der Waals surface area contributed by atoms with Gasteiger partial charge in [0.1, 0.15) is 17.8 Å². The van der Waals surface area contributed by atoms with Gasteiger partial charge in [-0.15, -0.1) is 0 Å². The van der Waals surface area contributed by atoms with E-state index in [0.717, 1.165) is 5.56 Å². The summed E-state index contributed by atoms with van der Waals surface area (Å²) in [4.78, 5) is 63.1. The number of nitrogens with one attached hydrogen (secondary N) is 3. The highest BCUT2D eigenvalue weighted by molar-refractivity contribution is 7.08. The molecule has 3 atom stereocenters. The standard InChI is InChI=1S/C26H35N5O7S/c1-15(2)10-21(26(37)38)31(18-8-9-39-14-18)25(36)16(3)30-23(34)13-28-22(33)12-29-24(35)20(27)11-17-4-6-19(32)7-5-17/h4-9,14-16,20-21,32H,10-13,27H2,1-3H3,(H,28,33)(H,29,35)(H,30,34)(H,37,38)/t16-,20-,21-/m0/s1. The van der Waals surface area contributed by atoms with Crippen molar-refractivity contribution in [1.29, 1.82) is 0 Å². The van der Waals surface area contributed by atoms with Crippen LogP contribution in [0.5, 0.6) is 5.75 Å². The second-order valence-electron chi connectivity index (χ2n) is 9.43. The third-order valence-electron chi connectivity index (χ3n) is 5.66. The van der Waals surface area contributed by atoms with Crippen molar-refractivity contribution in [1.82, 2.24) is 16.0 Å². The predicted molar refractivity (Wildman–Crippen MR) is 146 cm³/mol. The topological polar surface area (TPSA) is 191 Å². The van der Waals surface area contributed by atoms with Crippen LogP contribution in [0.3, 0.4) is 0 Å². The summed E-state index contributed by atoms with van der Waals surface area (Å²) in [5.74, 6) is -3.54. The number of aromatic hydroxyl groups is 1. The zero-order valence-corrected chi connectivity index (χ0v) is 22.9. The molecule has 0 bridgehead atoms. The highest BCUT2D eigenvalue weighted by Crippen LogP contribution is 2.25. The number of aliphatic carboxylic acids is 1. The second-order valence-corrected chi connectivity index (χ2v) is 10.2. The highest BCUT2D eigenvalue weighted by Gasteiger charge is 2.34. The van der Waals surface area contributed by atoms with Crippen LogP contribution in [-0.4, -0.2) is 71.0 Å². The van der Waals surface area contributed by atoms with Gasteiger partial charge in [0.25, 0.3) is 0 Å². The number of thiophene rings is 1. The Labute approximate surface area is 230 Å². The molecule has 0 unspecified atom stereocenters. The van der Waals surface area contributed by atoms with Gasteiger partial charge >= 0.3 is 5.97 Å². The second kappa shape index (κ2) is 14.8. The van der Waals surface area contributed by atoms with Crippen LogP contribution >= 0.6 is 11.3 Å². The number of nitrogens with zero attached hydrogens (tertiary/aromatic N) is 1. The molecule has 12 nitrogen and oxygen atoms in total. The molecular weight excluding hydrogens is 526 g/mol. The molecule has 0 aliphatic rings. The Balaban J connectivity index is 1.85. The van der Waals surface area contributed by atoms with Crippen LogP contribution in [0.1, 0.15) is 32.8 Å². The lowest BCUT2D eigenvalue weighted by Crippen LogP contribution is -2.54. The summed E-state index contributed by atoms with van der Waals surface area (Å²) in [5, 5.41) is 29.7. The molecule has 0 saturated carbocycles. The molecule has 2 aromatic rings. The molecule has 212 valence electrons. The smallest absolute Gasteiger partial charge is 0.326 e. The fourth-order valence-electron chi connectivity index (χ4n) is 3.70. The van der Waals surface area contributed by atoms with Crippen molar-refractivity contribution in [2.24, 2.45) is 11.7 Å². The van der Waals surface area contributed by atoms with E-state index in [0.29, 0.717) is 5.69 Å². The number of phenols is 1. The molecule has 2 rings (SSSR count). The minimum Gasteiger partial charge on any atom is -0.508 e. The Bertz CT molecular complexity index is 1140. The number of benzene rings is 1. The Morgan fingerprint density at radius 1 is 0.974 bits per heavy atom. The molecule has 1 aromatic heterocycles. The van der Waals surface area contributed by atoms with Crippen molar-refractivity contribution in [3.05, 3.63) is 46.7 Å². The average molecular weight is 562 g/mol. The molecular formula is C26H35N5O7S. The third-order valence-corrected chi connectivity index (χ3v) is 6.33. The number of carboxylic acids is 1. The molecule has 39 heavy (non-hydrogen) atoms. The molecule has 1 aromatic carbocycles. The van der Waals surface area contributed by atoms with Gasteiger partial charge in [-0.1, -0.05) is 26.0 Å². The van der Waals surface area contributed by atoms with Gasteiger partial charge in [0, 0.05) is 5.38 Å². The van der Waals surface area contributed by atoms with Crippen LogP contribution in [0, 0.1) is 5.92 Å². The van der Waals surface area contributed by atoms with E-state index in [1.54, 1.807) is 29.0 Å². The largest absolute Gasteiger partial charge is 0.508 e. The zero-order valence-electron chi connectivity index (χ0n) is 22.0. The van der Waals surface area contributed by atoms with Crippen LogP contribution in [0.2, 0.25) is 0 Å². The first-order valence-electron chi connectivity index (χ1n) is 12.3. The number of hydrogen-bond donors (Lipinski definition) is 6. The Kier molecular flexibility index (Phi) is 11.9. The molecule has 1 heterocycles. The number of hydrogen-bond acceptors (Lipinski definition) is 8. The number of nitrogens with two attached hydrogens (primary N) is 1. The summed E-state index contributed by atoms with van der Waals surface area (Å²) in [5.41, 5.74) is 7.02. The fraction of sp³-hybridized carbons (Fsp3) is 0.423. The Morgan fingerprint density at radius 3 is 2.18 bits per heavy atom. The first-order valence-corrected chi connectivity index (χ1v) is 13.3. The monoisotopic (exact) mass is 561 g/mol. The van der Waals surface area contributed by atoms with Crippen molar-refractivity contribution in [2.45, 2.75) is 51.7 Å². The molecule has 0 aliphatic carbocycles. The lowest BCUT2D eigenvalue weighted by atomic mass is 10.0. The number of phenolic OH excluding ortho intramolecular Hbond substituents is 1. The van der Waals surface area contributed by atoms with Gasteiger partial charge in [-0.25, -0.2) is 4.79 Å². The lowest BCUT2D eigenvalue weighted by molar-refractivity contribution is -0.140. The molecule has 13 heteroatoms. The van der Waals surface area contributed by atoms with E-state index in [4.69, 9.17) is 5.73 Å². The van der Waals surface area contributed by atoms with E-state index < -0.39 is 60.8 Å². The van der Waals surface area contributed by atoms with Crippen molar-refractivity contribution in [2.75, 3.05) is 18.0 Å². The zero-order chi connectivity index (χ0) is 29.1. The van der Waals surface area contributed by atoms with Gasteiger partial charge in [0.15, 0.2) is 0 Å². The lowest BCUT2D eigenvalue weighted by Gasteiger charge is -2.31. The molecule has 0 fully saturated rings. The average Bonchev–Trinajstić information content (AvgIpc) is 3.41. The van der Waals surface area contributed by atoms with Crippen LogP contribution in [0.15, 0.2) is 41.1 Å². The summed E-state index contributed by atoms with van der Waals surface area (Å²) in [6.07, 6.45) is 0.419. The van der Waals surface area contributed by atoms with E-state index in [1.807, 2.05) is 13.8 Å². The van der Waals surface area contributed by atoms with Crippen molar-refractivity contribution in [3.8, 4) is 5.75 Å². The third kappa shape index (κ3) is 10.0. The summed E-state index contributed by atoms with van der Waals surface area (Å²) in [6.45, 7) is 4.27. The van der Waals surface area contributed by atoms with Crippen molar-refractivity contribution >= 4 is 46.6 Å². The van der Waals surface area contributed by atoms with Crippen molar-refractivity contribution in [3.63, 3.8) is 0 Å². The minimum absolute atomic E-state index is 0.00277. The van der Waals surface area contributed by atoms with Gasteiger partial charge < -0.3 is 31.9 Å². The van der Waals surface area contributed by atoms with E-state index in [2.05, 4.69) is 16.0 Å². The SMILES string of the molecule is CC(C)C[C@@H](C(=O)O)N(C(=O)[C@H](C)NC(=O)CNC(=O)CNC(=O)[C@@H](N)Cc1ccc(O)cc1)c1ccsc1. The minimum atomic E-state index is -1.15. The number of carbonyl (C=O) groups excluding carboxylic acids is 4. The van der Waals surface area contributed by atoms with Crippen LogP contribution in [0.25, 0.3) is 0 Å². The maximum absolute atomic E-state index is 13.2. The summed E-state index contributed by atoms with van der Waals surface area (Å²) in [6, 6.07) is 4.74. The predicted octanol–water partition coefficient (Wildman–Crippen LogP) is 0.593. The molecule has 4 amide bonds. The van der Waals surface area contributed by atoms with E-state index in [-0.39, 0.29) is 24.5 Å². The highest BCUT2D eigenvalue weighted by atomic mass is 32.1. The van der Waals surface area contributed by atoms with E-state index in [1.165, 1.54) is 35.3 Å². The van der Waals surface area contributed by atoms with E-state index in [9.17, 15) is 34.2 Å². The summed E-state index contributed by atoms with van der Waals surface area (Å²) in [7, 11) is 0. The number of amides is 4. The molecule has 0 spiro atoms. The Hall–Kier alpha value is -3.97. The van der Waals surface area contributed by atoms with Gasteiger partial charge in [0.05, 0.1) is 24.8 Å². The quantitative estimate of drug-likeness (QED) is 0.193. The van der Waals surface area contributed by atoms with E-state index >= 15 is 0 Å². The number of carbonyl (C=O) groups is 5. The maximum Gasteiger partial charge on any atom is 0.326 e. The first kappa shape index (κ1) is 31.2. The van der Waals surface area contributed by atoms with Gasteiger partial charge in [-0.05, 0) is 54.8 Å². The molecule has 0 saturated heterocycles. The molecule has 7 N–H and O–H groups in total. The number of anilines is 1. The van der Waals surface area contributed by atoms with Crippen LogP contribution < -0.4 is 26.6 Å². The van der Waals surface area contributed by atoms with Gasteiger partial charge in [0.2, 0.25) is 23.6 Å². The van der Waals surface area contributed by atoms with Crippen LogP contribution in [0.4, 0.5) is 5.69 Å². The van der Waals surface area contributed by atoms with Crippen molar-refractivity contribution < 1.29 is 34.2 Å². The normalized spacial score (nSPS) is 13.2. The first-order chi connectivity index (χ1) is 18.4. The Morgan fingerprint density at radius 2 is 1.62 bits per heavy atom. The van der Waals surface area contributed by atoms with Crippen LogP contribution in [-0.2, 0) is 30.4 Å². The molecule has 0 aliphatic heterocycles. The van der Waals surface area contributed by atoms with Gasteiger partial charge in [-0.2, -0.15) is 11.3 Å².